The summed E-state index contributed by atoms with van der Waals surface area (Å²) in [4.78, 5) is 22.7. The number of amides is 1. The predicted molar refractivity (Wildman–Crippen MR) is 154 cm³/mol. The van der Waals surface area contributed by atoms with E-state index < -0.39 is 6.04 Å². The van der Waals surface area contributed by atoms with Gasteiger partial charge in [0.2, 0.25) is 0 Å². The number of nitrogens with two attached hydrogens (primary N) is 1. The van der Waals surface area contributed by atoms with Crippen LogP contribution in [-0.4, -0.2) is 35.3 Å². The van der Waals surface area contributed by atoms with Crippen LogP contribution < -0.4 is 11.1 Å². The van der Waals surface area contributed by atoms with Crippen LogP contribution in [0, 0.1) is 18.8 Å². The number of hydrogen-bond donors (Lipinski definition) is 2. The van der Waals surface area contributed by atoms with Crippen LogP contribution in [0.4, 0.5) is 5.82 Å². The van der Waals surface area contributed by atoms with Gasteiger partial charge < -0.3 is 11.1 Å². The highest BCUT2D eigenvalue weighted by atomic mass is 16.1. The third-order valence-corrected chi connectivity index (χ3v) is 6.95. The number of aryl methyl sites for hydroxylation is 1. The lowest BCUT2D eigenvalue weighted by atomic mass is 9.96. The third kappa shape index (κ3) is 4.41. The van der Waals surface area contributed by atoms with Crippen LogP contribution in [0.3, 0.4) is 0 Å². The minimum absolute atomic E-state index is 0.116. The molecule has 3 N–H and O–H groups in total. The first kappa shape index (κ1) is 24.8. The van der Waals surface area contributed by atoms with Gasteiger partial charge in [0.25, 0.3) is 5.91 Å². The van der Waals surface area contributed by atoms with E-state index in [0.717, 1.165) is 44.5 Å². The number of fused-ring (bicyclic) bond motifs is 2. The van der Waals surface area contributed by atoms with Gasteiger partial charge in [0, 0.05) is 36.0 Å². The lowest BCUT2D eigenvalue weighted by molar-refractivity contribution is 0.0941. The molecule has 2 aromatic carbocycles. The largest absolute Gasteiger partial charge is 0.381 e. The third-order valence-electron chi connectivity index (χ3n) is 6.95. The molecule has 6 rings (SSSR count). The first-order valence-corrected chi connectivity index (χ1v) is 12.8. The molecular formula is C31H26N8O. The van der Waals surface area contributed by atoms with Gasteiger partial charge >= 0.3 is 0 Å². The number of rotatable bonds is 4. The topological polar surface area (TPSA) is 116 Å². The summed E-state index contributed by atoms with van der Waals surface area (Å²) in [7, 11) is 1.90. The lowest BCUT2D eigenvalue weighted by Gasteiger charge is -2.19. The van der Waals surface area contributed by atoms with E-state index in [2.05, 4.69) is 38.4 Å². The Morgan fingerprint density at radius 1 is 1.05 bits per heavy atom. The van der Waals surface area contributed by atoms with E-state index in [4.69, 9.17) is 10.7 Å². The highest BCUT2D eigenvalue weighted by Crippen LogP contribution is 2.32. The molecule has 0 saturated heterocycles. The van der Waals surface area contributed by atoms with Crippen molar-refractivity contribution in [2.45, 2.75) is 19.9 Å². The zero-order chi connectivity index (χ0) is 27.8. The van der Waals surface area contributed by atoms with Gasteiger partial charge in [-0.3, -0.25) is 9.48 Å². The summed E-state index contributed by atoms with van der Waals surface area (Å²) < 4.78 is 3.30. The van der Waals surface area contributed by atoms with Crippen molar-refractivity contribution in [2.75, 3.05) is 5.73 Å². The lowest BCUT2D eigenvalue weighted by Crippen LogP contribution is -2.28. The Morgan fingerprint density at radius 2 is 1.85 bits per heavy atom. The molecule has 0 saturated carbocycles. The van der Waals surface area contributed by atoms with Crippen molar-refractivity contribution in [2.24, 2.45) is 7.05 Å². The van der Waals surface area contributed by atoms with E-state index in [9.17, 15) is 4.79 Å². The number of benzene rings is 2. The molecule has 0 fully saturated rings. The Hall–Kier alpha value is -5.49. The van der Waals surface area contributed by atoms with Gasteiger partial charge in [0.1, 0.15) is 5.56 Å². The molecule has 0 unspecified atom stereocenters. The summed E-state index contributed by atoms with van der Waals surface area (Å²) >= 11 is 0. The molecule has 4 heterocycles. The number of nitrogens with one attached hydrogen (secondary N) is 1. The highest BCUT2D eigenvalue weighted by molar-refractivity contribution is 6.04. The molecule has 0 spiro atoms. The second-order valence-electron chi connectivity index (χ2n) is 9.52. The van der Waals surface area contributed by atoms with E-state index in [1.54, 1.807) is 29.3 Å². The Morgan fingerprint density at radius 3 is 2.62 bits per heavy atom. The maximum atomic E-state index is 13.4. The number of nitrogen functional groups attached to an aromatic ring is 1. The van der Waals surface area contributed by atoms with Crippen LogP contribution in [-0.2, 0) is 7.05 Å². The molecule has 1 atom stereocenters. The van der Waals surface area contributed by atoms with Crippen molar-refractivity contribution < 1.29 is 4.79 Å². The number of nitrogens with zero attached hydrogens (tertiary/aromatic N) is 6. The summed E-state index contributed by atoms with van der Waals surface area (Å²) in [5.41, 5.74) is 12.9. The van der Waals surface area contributed by atoms with E-state index in [1.807, 2.05) is 69.4 Å². The first-order chi connectivity index (χ1) is 19.4. The predicted octanol–water partition coefficient (Wildman–Crippen LogP) is 4.46. The van der Waals surface area contributed by atoms with Crippen LogP contribution in [0.25, 0.3) is 27.7 Å². The van der Waals surface area contributed by atoms with E-state index >= 15 is 0 Å². The SMILES string of the molecule is Cc1c(C#Cc2cccc3nc([C@@H](C)NC(=O)c4c(N)nn5cccnc45)c(-c4ccccc4)cc23)cnn1C. The normalized spacial score (nSPS) is 11.8. The summed E-state index contributed by atoms with van der Waals surface area (Å²) in [6.45, 7) is 3.90. The van der Waals surface area contributed by atoms with Crippen LogP contribution in [0.1, 0.15) is 45.8 Å². The standard InChI is InChI=1S/C31H26N8O/c1-19(35-31(40)27-29(32)37-39-16-8-15-33-30(27)39)28-25(21-9-5-4-6-10-21)17-24-22(11-7-12-26(24)36-28)13-14-23-18-34-38(3)20(23)2/h4-12,15-19H,1-3H3,(H2,32,37)(H,35,40)/t19-/m1/s1. The second kappa shape index (κ2) is 10.0. The molecule has 0 bridgehead atoms. The molecule has 1 amide bonds. The van der Waals surface area contributed by atoms with E-state index in [0.29, 0.717) is 5.65 Å². The quantitative estimate of drug-likeness (QED) is 0.328. The second-order valence-corrected chi connectivity index (χ2v) is 9.52. The molecule has 9 nitrogen and oxygen atoms in total. The fourth-order valence-electron chi connectivity index (χ4n) is 4.71. The van der Waals surface area contributed by atoms with Crippen molar-refractivity contribution in [1.82, 2.24) is 34.7 Å². The Balaban J connectivity index is 1.43. The average Bonchev–Trinajstić information content (AvgIpc) is 3.48. The van der Waals surface area contributed by atoms with Gasteiger partial charge in [-0.1, -0.05) is 48.2 Å². The van der Waals surface area contributed by atoms with Crippen LogP contribution in [0.5, 0.6) is 0 Å². The zero-order valence-electron chi connectivity index (χ0n) is 22.3. The summed E-state index contributed by atoms with van der Waals surface area (Å²) in [5, 5.41) is 12.5. The van der Waals surface area contributed by atoms with Crippen molar-refractivity contribution in [1.29, 1.82) is 0 Å². The fourth-order valence-corrected chi connectivity index (χ4v) is 4.71. The van der Waals surface area contributed by atoms with Gasteiger partial charge in [-0.05, 0) is 43.7 Å². The van der Waals surface area contributed by atoms with Crippen molar-refractivity contribution in [3.63, 3.8) is 0 Å². The number of pyridine rings is 1. The maximum Gasteiger partial charge on any atom is 0.259 e. The Bertz CT molecular complexity index is 1960. The average molecular weight is 527 g/mol. The molecule has 196 valence electrons. The smallest absolute Gasteiger partial charge is 0.259 e. The van der Waals surface area contributed by atoms with E-state index in [-0.39, 0.29) is 17.3 Å². The van der Waals surface area contributed by atoms with Crippen molar-refractivity contribution in [3.8, 4) is 23.0 Å². The van der Waals surface area contributed by atoms with Gasteiger partial charge in [0.15, 0.2) is 11.5 Å². The van der Waals surface area contributed by atoms with Crippen molar-refractivity contribution >= 4 is 28.3 Å². The number of carbonyl (C=O) groups excluding carboxylic acids is 1. The highest BCUT2D eigenvalue weighted by Gasteiger charge is 2.23. The minimum Gasteiger partial charge on any atom is -0.381 e. The maximum absolute atomic E-state index is 13.4. The monoisotopic (exact) mass is 526 g/mol. The molecule has 4 aromatic heterocycles. The zero-order valence-corrected chi connectivity index (χ0v) is 22.3. The number of carbonyl (C=O) groups is 1. The van der Waals surface area contributed by atoms with Crippen LogP contribution >= 0.6 is 0 Å². The van der Waals surface area contributed by atoms with Gasteiger partial charge in [-0.15, -0.1) is 5.10 Å². The Labute approximate surface area is 230 Å². The summed E-state index contributed by atoms with van der Waals surface area (Å²) in [6, 6.07) is 19.3. The number of aromatic nitrogens is 6. The first-order valence-electron chi connectivity index (χ1n) is 12.8. The molecule has 0 aliphatic carbocycles. The molecule has 40 heavy (non-hydrogen) atoms. The minimum atomic E-state index is -0.446. The molecule has 0 radical (unpaired) electrons. The van der Waals surface area contributed by atoms with Crippen molar-refractivity contribution in [3.05, 3.63) is 107 Å². The molecule has 6 aromatic rings. The number of hydrogen-bond acceptors (Lipinski definition) is 6. The van der Waals surface area contributed by atoms with E-state index in [1.165, 1.54) is 4.52 Å². The van der Waals surface area contributed by atoms with Gasteiger partial charge in [-0.25, -0.2) is 14.5 Å². The van der Waals surface area contributed by atoms with Gasteiger partial charge in [0.05, 0.1) is 34.7 Å². The molecule has 9 heteroatoms. The Kier molecular flexibility index (Phi) is 6.21. The van der Waals surface area contributed by atoms with Crippen LogP contribution in [0.15, 0.2) is 79.3 Å². The summed E-state index contributed by atoms with van der Waals surface area (Å²) in [6.07, 6.45) is 5.08. The number of anilines is 1. The molecule has 0 aliphatic rings. The van der Waals surface area contributed by atoms with Crippen LogP contribution in [0.2, 0.25) is 0 Å². The fraction of sp³-hybridized carbons (Fsp3) is 0.129. The van der Waals surface area contributed by atoms with Gasteiger partial charge in [-0.2, -0.15) is 5.10 Å². The molecular weight excluding hydrogens is 500 g/mol. The molecule has 0 aliphatic heterocycles. The summed E-state index contributed by atoms with van der Waals surface area (Å²) in [5.74, 6) is 6.32.